The van der Waals surface area contributed by atoms with E-state index in [9.17, 15) is 0 Å². The lowest BCUT2D eigenvalue weighted by Gasteiger charge is -2.09. The van der Waals surface area contributed by atoms with E-state index in [1.807, 2.05) is 0 Å². The number of halogens is 2. The van der Waals surface area contributed by atoms with Crippen molar-refractivity contribution in [1.29, 1.82) is 0 Å². The SMILES string of the molecule is NNc1cn2ccnc2c(Oc2ccc(Cl)cc2Br)n1. The van der Waals surface area contributed by atoms with E-state index in [4.69, 9.17) is 22.2 Å². The normalized spacial score (nSPS) is 10.8. The molecule has 2 heterocycles. The maximum atomic E-state index is 5.90. The van der Waals surface area contributed by atoms with Crippen molar-refractivity contribution in [3.8, 4) is 11.6 Å². The number of nitrogen functional groups attached to an aromatic ring is 1. The zero-order valence-corrected chi connectivity index (χ0v) is 12.4. The van der Waals surface area contributed by atoms with Crippen molar-refractivity contribution in [2.75, 3.05) is 5.43 Å². The molecule has 8 heteroatoms. The standard InChI is InChI=1S/C12H9BrClN5O/c13-8-5-7(14)1-2-9(8)20-12-11-16-3-4-19(11)6-10(17-12)18-15/h1-6,18H,15H2. The summed E-state index contributed by atoms with van der Waals surface area (Å²) in [4.78, 5) is 8.46. The molecule has 1 aromatic carbocycles. The largest absolute Gasteiger partial charge is 0.435 e. The minimum Gasteiger partial charge on any atom is -0.435 e. The molecule has 3 rings (SSSR count). The first kappa shape index (κ1) is 13.2. The zero-order chi connectivity index (χ0) is 14.1. The van der Waals surface area contributed by atoms with Gasteiger partial charge in [0.05, 0.1) is 10.7 Å². The summed E-state index contributed by atoms with van der Waals surface area (Å²) >= 11 is 9.29. The van der Waals surface area contributed by atoms with Gasteiger partial charge in [-0.2, -0.15) is 4.98 Å². The van der Waals surface area contributed by atoms with Crippen LogP contribution in [0.25, 0.3) is 5.65 Å². The molecular formula is C12H9BrClN5O. The molecule has 0 unspecified atom stereocenters. The highest BCUT2D eigenvalue weighted by atomic mass is 79.9. The summed E-state index contributed by atoms with van der Waals surface area (Å²) in [5.74, 6) is 6.79. The van der Waals surface area contributed by atoms with Gasteiger partial charge in [-0.05, 0) is 34.1 Å². The third-order valence-electron chi connectivity index (χ3n) is 2.59. The lowest BCUT2D eigenvalue weighted by molar-refractivity contribution is 0.463. The van der Waals surface area contributed by atoms with Crippen molar-refractivity contribution >= 4 is 39.0 Å². The van der Waals surface area contributed by atoms with E-state index in [2.05, 4.69) is 31.3 Å². The molecule has 0 spiro atoms. The number of benzene rings is 1. The number of imidazole rings is 1. The second-order valence-corrected chi connectivity index (χ2v) is 5.20. The van der Waals surface area contributed by atoms with Gasteiger partial charge in [0.25, 0.3) is 5.88 Å². The second kappa shape index (κ2) is 5.28. The number of hydrogen-bond acceptors (Lipinski definition) is 5. The van der Waals surface area contributed by atoms with Gasteiger partial charge in [0, 0.05) is 17.4 Å². The molecule has 0 radical (unpaired) electrons. The second-order valence-electron chi connectivity index (χ2n) is 3.91. The van der Waals surface area contributed by atoms with Crippen LogP contribution in [0.15, 0.2) is 41.3 Å². The van der Waals surface area contributed by atoms with Gasteiger partial charge in [-0.15, -0.1) is 0 Å². The van der Waals surface area contributed by atoms with Crippen LogP contribution < -0.4 is 16.0 Å². The van der Waals surface area contributed by atoms with Crippen LogP contribution in [0.1, 0.15) is 0 Å². The van der Waals surface area contributed by atoms with Crippen molar-refractivity contribution in [2.24, 2.45) is 5.84 Å². The summed E-state index contributed by atoms with van der Waals surface area (Å²) in [6, 6.07) is 5.22. The van der Waals surface area contributed by atoms with Gasteiger partial charge in [0.1, 0.15) is 5.75 Å². The zero-order valence-electron chi connectivity index (χ0n) is 10.0. The predicted molar refractivity (Wildman–Crippen MR) is 80.0 cm³/mol. The fourth-order valence-electron chi connectivity index (χ4n) is 1.70. The predicted octanol–water partition coefficient (Wildman–Crippen LogP) is 3.22. The van der Waals surface area contributed by atoms with Crippen LogP contribution in [0.2, 0.25) is 5.02 Å². The Morgan fingerprint density at radius 3 is 3.00 bits per heavy atom. The van der Waals surface area contributed by atoms with Crippen LogP contribution in [0.5, 0.6) is 11.6 Å². The Morgan fingerprint density at radius 2 is 2.25 bits per heavy atom. The van der Waals surface area contributed by atoms with Gasteiger partial charge in [0.2, 0.25) is 5.65 Å². The van der Waals surface area contributed by atoms with Gasteiger partial charge >= 0.3 is 0 Å². The monoisotopic (exact) mass is 353 g/mol. The quantitative estimate of drug-likeness (QED) is 0.558. The summed E-state index contributed by atoms with van der Waals surface area (Å²) in [5.41, 5.74) is 3.08. The van der Waals surface area contributed by atoms with Gasteiger partial charge < -0.3 is 10.2 Å². The first-order chi connectivity index (χ1) is 9.67. The Morgan fingerprint density at radius 1 is 1.40 bits per heavy atom. The Kier molecular flexibility index (Phi) is 3.47. The molecule has 2 aromatic heterocycles. The van der Waals surface area contributed by atoms with Crippen LogP contribution in [-0.4, -0.2) is 14.4 Å². The number of nitrogens with one attached hydrogen (secondary N) is 1. The lowest BCUT2D eigenvalue weighted by Crippen LogP contribution is -2.10. The van der Waals surface area contributed by atoms with Gasteiger partial charge in [-0.3, -0.25) is 4.40 Å². The molecule has 0 aliphatic rings. The van der Waals surface area contributed by atoms with Crippen molar-refractivity contribution in [2.45, 2.75) is 0 Å². The number of hydrazine groups is 1. The number of rotatable bonds is 3. The summed E-state index contributed by atoms with van der Waals surface area (Å²) in [5, 5.41) is 0.612. The number of nitrogens with zero attached hydrogens (tertiary/aromatic N) is 3. The van der Waals surface area contributed by atoms with Crippen LogP contribution >= 0.6 is 27.5 Å². The molecule has 0 saturated carbocycles. The van der Waals surface area contributed by atoms with E-state index in [0.717, 1.165) is 4.47 Å². The van der Waals surface area contributed by atoms with Crippen LogP contribution in [0.3, 0.4) is 0 Å². The molecular weight excluding hydrogens is 346 g/mol. The molecule has 6 nitrogen and oxygen atoms in total. The summed E-state index contributed by atoms with van der Waals surface area (Å²) in [7, 11) is 0. The minimum absolute atomic E-state index is 0.341. The minimum atomic E-state index is 0.341. The molecule has 0 saturated heterocycles. The molecule has 0 atom stereocenters. The number of nitrogens with two attached hydrogens (primary N) is 1. The molecule has 0 aliphatic carbocycles. The molecule has 20 heavy (non-hydrogen) atoms. The lowest BCUT2D eigenvalue weighted by atomic mass is 10.3. The molecule has 3 aromatic rings. The van der Waals surface area contributed by atoms with E-state index < -0.39 is 0 Å². The Balaban J connectivity index is 2.07. The highest BCUT2D eigenvalue weighted by Crippen LogP contribution is 2.32. The molecule has 0 aliphatic heterocycles. The first-order valence-electron chi connectivity index (χ1n) is 5.60. The highest BCUT2D eigenvalue weighted by molar-refractivity contribution is 9.10. The van der Waals surface area contributed by atoms with E-state index in [0.29, 0.717) is 28.1 Å². The van der Waals surface area contributed by atoms with Crippen molar-refractivity contribution < 1.29 is 4.74 Å². The van der Waals surface area contributed by atoms with Crippen LogP contribution in [0.4, 0.5) is 5.82 Å². The number of fused-ring (bicyclic) bond motifs is 1. The number of hydrogen-bond donors (Lipinski definition) is 2. The molecule has 0 amide bonds. The van der Waals surface area contributed by atoms with Crippen molar-refractivity contribution in [3.63, 3.8) is 0 Å². The smallest absolute Gasteiger partial charge is 0.265 e. The molecule has 3 N–H and O–H groups in total. The fourth-order valence-corrected chi connectivity index (χ4v) is 2.47. The van der Waals surface area contributed by atoms with Crippen molar-refractivity contribution in [1.82, 2.24) is 14.4 Å². The van der Waals surface area contributed by atoms with Crippen LogP contribution in [-0.2, 0) is 0 Å². The van der Waals surface area contributed by atoms with E-state index in [-0.39, 0.29) is 0 Å². The number of anilines is 1. The maximum absolute atomic E-state index is 5.90. The van der Waals surface area contributed by atoms with E-state index in [1.54, 1.807) is 41.2 Å². The van der Waals surface area contributed by atoms with E-state index >= 15 is 0 Å². The average Bonchev–Trinajstić information content (AvgIpc) is 2.90. The third-order valence-corrected chi connectivity index (χ3v) is 3.45. The van der Waals surface area contributed by atoms with E-state index in [1.165, 1.54) is 0 Å². The maximum Gasteiger partial charge on any atom is 0.265 e. The van der Waals surface area contributed by atoms with Gasteiger partial charge in [-0.1, -0.05) is 11.6 Å². The van der Waals surface area contributed by atoms with Gasteiger partial charge in [-0.25, -0.2) is 10.8 Å². The fraction of sp³-hybridized carbons (Fsp3) is 0. The Hall–Kier alpha value is -1.83. The van der Waals surface area contributed by atoms with Gasteiger partial charge in [0.15, 0.2) is 5.82 Å². The summed E-state index contributed by atoms with van der Waals surface area (Å²) in [6.07, 6.45) is 5.15. The first-order valence-corrected chi connectivity index (χ1v) is 6.77. The van der Waals surface area contributed by atoms with Crippen LogP contribution in [0, 0.1) is 0 Å². The summed E-state index contributed by atoms with van der Waals surface area (Å²) in [6.45, 7) is 0. The highest BCUT2D eigenvalue weighted by Gasteiger charge is 2.11. The Bertz CT molecular complexity index is 776. The molecule has 0 bridgehead atoms. The Labute approximate surface area is 127 Å². The topological polar surface area (TPSA) is 77.5 Å². The third kappa shape index (κ3) is 2.43. The average molecular weight is 355 g/mol. The molecule has 102 valence electrons. The number of aromatic nitrogens is 3. The number of ether oxygens (including phenoxy) is 1. The summed E-state index contributed by atoms with van der Waals surface area (Å²) < 4.78 is 8.27. The van der Waals surface area contributed by atoms with Crippen molar-refractivity contribution in [3.05, 3.63) is 46.3 Å². The molecule has 0 fully saturated rings.